The lowest BCUT2D eigenvalue weighted by Crippen LogP contribution is -2.37. The maximum absolute atomic E-state index is 11.8. The van der Waals surface area contributed by atoms with E-state index in [2.05, 4.69) is 22.9 Å². The first-order valence-electron chi connectivity index (χ1n) is 6.96. The number of carbonyl (C=O) groups excluding carboxylic acids is 1. The van der Waals surface area contributed by atoms with Crippen molar-refractivity contribution in [3.8, 4) is 0 Å². The Morgan fingerprint density at radius 1 is 1.50 bits per heavy atom. The predicted octanol–water partition coefficient (Wildman–Crippen LogP) is 0.0955. The minimum atomic E-state index is -3.30. The average Bonchev–Trinajstić information content (AvgIpc) is 2.94. The molecule has 0 spiro atoms. The molecular weight excluding hydrogens is 328 g/mol. The lowest BCUT2D eigenvalue weighted by atomic mass is 10.2. The summed E-state index contributed by atoms with van der Waals surface area (Å²) in [6.07, 6.45) is 1.81. The van der Waals surface area contributed by atoms with Gasteiger partial charge in [-0.05, 0) is 20.3 Å². The Hall–Kier alpha value is -1.13. The number of ether oxygens (including phenoxy) is 1. The van der Waals surface area contributed by atoms with Crippen LogP contribution in [0.3, 0.4) is 0 Å². The topological polar surface area (TPSA) is 94.4 Å². The molecule has 22 heavy (non-hydrogen) atoms. The Morgan fingerprint density at radius 2 is 2.18 bits per heavy atom. The maximum atomic E-state index is 11.8. The highest BCUT2D eigenvalue weighted by Gasteiger charge is 2.36. The second kappa shape index (κ2) is 6.55. The van der Waals surface area contributed by atoms with Crippen molar-refractivity contribution >= 4 is 28.6 Å². The van der Waals surface area contributed by atoms with Crippen LogP contribution in [0.4, 0.5) is 0 Å². The molecule has 2 atom stereocenters. The second-order valence-corrected chi connectivity index (χ2v) is 7.97. The summed E-state index contributed by atoms with van der Waals surface area (Å²) in [4.78, 5) is 11.7. The van der Waals surface area contributed by atoms with E-state index >= 15 is 0 Å². The zero-order valence-electron chi connectivity index (χ0n) is 12.8. The van der Waals surface area contributed by atoms with Gasteiger partial charge in [0.25, 0.3) is 0 Å². The highest BCUT2D eigenvalue weighted by atomic mass is 32.2. The molecule has 124 valence electrons. The number of aromatic nitrogens is 3. The van der Waals surface area contributed by atoms with Crippen LogP contribution in [0, 0.1) is 6.92 Å². The van der Waals surface area contributed by atoms with Gasteiger partial charge in [0.2, 0.25) is 10.0 Å². The summed E-state index contributed by atoms with van der Waals surface area (Å²) in [5.41, 5.74) is 0.725. The standard InChI is InChI=1S/C12H20N4O4S2/c1-4-20-12(17)11-8(2)15(14-13-11)6-9-5-10(21)7-16(9)22(3,18)19/h9-10,21H,4-7H2,1-3H3/t9-,10+/m0/s1. The molecule has 0 N–H and O–H groups in total. The Balaban J connectivity index is 2.19. The van der Waals surface area contributed by atoms with Gasteiger partial charge in [0.15, 0.2) is 5.69 Å². The molecule has 1 aromatic heterocycles. The summed E-state index contributed by atoms with van der Waals surface area (Å²) in [6, 6.07) is -0.243. The number of carbonyl (C=O) groups is 1. The van der Waals surface area contributed by atoms with Crippen LogP contribution in [0.2, 0.25) is 0 Å². The maximum Gasteiger partial charge on any atom is 0.360 e. The van der Waals surface area contributed by atoms with Crippen molar-refractivity contribution < 1.29 is 17.9 Å². The monoisotopic (exact) mass is 348 g/mol. The van der Waals surface area contributed by atoms with Gasteiger partial charge in [0, 0.05) is 17.8 Å². The third-order valence-corrected chi connectivity index (χ3v) is 5.28. The van der Waals surface area contributed by atoms with Crippen LogP contribution < -0.4 is 0 Å². The van der Waals surface area contributed by atoms with E-state index in [1.807, 2.05) is 0 Å². The number of hydrogen-bond donors (Lipinski definition) is 1. The number of nitrogens with zero attached hydrogens (tertiary/aromatic N) is 4. The van der Waals surface area contributed by atoms with Crippen LogP contribution in [0.5, 0.6) is 0 Å². The summed E-state index contributed by atoms with van der Waals surface area (Å²) in [7, 11) is -3.30. The Labute approximate surface area is 135 Å². The van der Waals surface area contributed by atoms with Crippen molar-refractivity contribution in [3.63, 3.8) is 0 Å². The Morgan fingerprint density at radius 3 is 2.77 bits per heavy atom. The number of rotatable bonds is 5. The summed E-state index contributed by atoms with van der Waals surface area (Å²) in [5.74, 6) is -0.523. The van der Waals surface area contributed by atoms with Crippen LogP contribution in [0.1, 0.15) is 29.5 Å². The van der Waals surface area contributed by atoms with E-state index in [4.69, 9.17) is 4.74 Å². The van der Waals surface area contributed by atoms with Crippen LogP contribution in [0.15, 0.2) is 0 Å². The third kappa shape index (κ3) is 3.61. The molecule has 10 heteroatoms. The molecule has 2 rings (SSSR count). The van der Waals surface area contributed by atoms with Crippen molar-refractivity contribution in [1.82, 2.24) is 19.3 Å². The number of sulfonamides is 1. The molecule has 0 saturated carbocycles. The van der Waals surface area contributed by atoms with Crippen molar-refractivity contribution in [1.29, 1.82) is 0 Å². The zero-order chi connectivity index (χ0) is 16.5. The molecule has 1 fully saturated rings. The van der Waals surface area contributed by atoms with E-state index in [1.165, 1.54) is 10.6 Å². The van der Waals surface area contributed by atoms with Gasteiger partial charge in [-0.1, -0.05) is 5.21 Å². The fourth-order valence-corrected chi connectivity index (χ4v) is 4.23. The fourth-order valence-electron chi connectivity index (χ4n) is 2.56. The SMILES string of the molecule is CCOC(=O)c1nnn(C[C@@H]2C[C@@H](S)CN2S(C)(=O)=O)c1C. The van der Waals surface area contributed by atoms with Gasteiger partial charge in [-0.15, -0.1) is 5.10 Å². The van der Waals surface area contributed by atoms with Crippen LogP contribution >= 0.6 is 12.6 Å². The summed E-state index contributed by atoms with van der Waals surface area (Å²) >= 11 is 4.38. The van der Waals surface area contributed by atoms with E-state index in [1.54, 1.807) is 18.5 Å². The highest BCUT2D eigenvalue weighted by molar-refractivity contribution is 7.88. The van der Waals surface area contributed by atoms with Gasteiger partial charge in [-0.3, -0.25) is 0 Å². The molecule has 2 heterocycles. The minimum Gasteiger partial charge on any atom is -0.461 e. The van der Waals surface area contributed by atoms with Gasteiger partial charge < -0.3 is 4.74 Å². The summed E-state index contributed by atoms with van der Waals surface area (Å²) < 4.78 is 31.6. The Kier molecular flexibility index (Phi) is 5.13. The first-order valence-corrected chi connectivity index (χ1v) is 9.32. The van der Waals surface area contributed by atoms with Gasteiger partial charge in [-0.2, -0.15) is 16.9 Å². The quantitative estimate of drug-likeness (QED) is 0.599. The average molecular weight is 348 g/mol. The third-order valence-electron chi connectivity index (χ3n) is 3.60. The number of thiol groups is 1. The van der Waals surface area contributed by atoms with E-state index < -0.39 is 16.0 Å². The largest absolute Gasteiger partial charge is 0.461 e. The summed E-state index contributed by atoms with van der Waals surface area (Å²) in [5, 5.41) is 7.77. The first kappa shape index (κ1) is 17.2. The van der Waals surface area contributed by atoms with E-state index in [-0.39, 0.29) is 23.6 Å². The van der Waals surface area contributed by atoms with Crippen molar-refractivity contribution in [2.24, 2.45) is 0 Å². The van der Waals surface area contributed by atoms with Crippen molar-refractivity contribution in [3.05, 3.63) is 11.4 Å². The molecule has 1 aromatic rings. The molecule has 0 unspecified atom stereocenters. The molecule has 8 nitrogen and oxygen atoms in total. The number of esters is 1. The van der Waals surface area contributed by atoms with Crippen LogP contribution in [-0.4, -0.2) is 64.4 Å². The lowest BCUT2D eigenvalue weighted by Gasteiger charge is -2.22. The first-order chi connectivity index (χ1) is 10.2. The molecule has 1 saturated heterocycles. The van der Waals surface area contributed by atoms with Crippen molar-refractivity contribution in [2.75, 3.05) is 19.4 Å². The predicted molar refractivity (Wildman–Crippen MR) is 83.4 cm³/mol. The second-order valence-electron chi connectivity index (χ2n) is 5.30. The molecule has 1 aliphatic rings. The summed E-state index contributed by atoms with van der Waals surface area (Å²) in [6.45, 7) is 4.40. The van der Waals surface area contributed by atoms with Gasteiger partial charge in [0.1, 0.15) is 0 Å². The molecular formula is C12H20N4O4S2. The van der Waals surface area contributed by atoms with E-state index in [9.17, 15) is 13.2 Å². The molecule has 0 radical (unpaired) electrons. The normalized spacial score (nSPS) is 22.9. The molecule has 0 aromatic carbocycles. The van der Waals surface area contributed by atoms with Gasteiger partial charge in [-0.25, -0.2) is 17.9 Å². The smallest absolute Gasteiger partial charge is 0.360 e. The fraction of sp³-hybridized carbons (Fsp3) is 0.750. The van der Waals surface area contributed by atoms with E-state index in [0.717, 1.165) is 0 Å². The molecule has 0 bridgehead atoms. The van der Waals surface area contributed by atoms with Crippen molar-refractivity contribution in [2.45, 2.75) is 38.1 Å². The van der Waals surface area contributed by atoms with Crippen LogP contribution in [0.25, 0.3) is 0 Å². The van der Waals surface area contributed by atoms with E-state index in [0.29, 0.717) is 25.2 Å². The zero-order valence-corrected chi connectivity index (χ0v) is 14.5. The molecule has 0 aliphatic carbocycles. The van der Waals surface area contributed by atoms with Crippen LogP contribution in [-0.2, 0) is 21.3 Å². The van der Waals surface area contributed by atoms with Gasteiger partial charge >= 0.3 is 5.97 Å². The van der Waals surface area contributed by atoms with Gasteiger partial charge in [0.05, 0.1) is 25.1 Å². The lowest BCUT2D eigenvalue weighted by molar-refractivity contribution is 0.0518. The molecule has 1 aliphatic heterocycles. The minimum absolute atomic E-state index is 0.00641. The highest BCUT2D eigenvalue weighted by Crippen LogP contribution is 2.25. The number of hydrogen-bond acceptors (Lipinski definition) is 7. The Bertz CT molecular complexity index is 658. The molecule has 0 amide bonds.